The van der Waals surface area contributed by atoms with Crippen molar-refractivity contribution in [2.75, 3.05) is 39.3 Å². The van der Waals surface area contributed by atoms with Gasteiger partial charge in [-0.05, 0) is 35.2 Å². The monoisotopic (exact) mass is 551 g/mol. The van der Waals surface area contributed by atoms with Crippen LogP contribution in [-0.2, 0) is 16.1 Å². The van der Waals surface area contributed by atoms with Crippen LogP contribution in [0.15, 0.2) is 54.6 Å². The molecule has 196 valence electrons. The molecule has 5 rings (SSSR count). The number of hydrogen-bond acceptors (Lipinski definition) is 6. The third-order valence-corrected chi connectivity index (χ3v) is 8.20. The molecule has 0 radical (unpaired) electrons. The Balaban J connectivity index is 1.28. The number of likely N-dealkylation sites (tertiary alicyclic amines) is 1. The van der Waals surface area contributed by atoms with E-state index in [1.54, 1.807) is 6.07 Å². The molecule has 2 aromatic carbocycles. The molecule has 0 bridgehead atoms. The molecule has 0 aliphatic carbocycles. The average Bonchev–Trinajstić information content (AvgIpc) is 3.49. The lowest BCUT2D eigenvalue weighted by molar-refractivity contribution is -0.206. The zero-order chi connectivity index (χ0) is 26.2. The highest BCUT2D eigenvalue weighted by atomic mass is 35.5. The number of carbonyl (C=O) groups excluding carboxylic acids is 2. The topological polar surface area (TPSA) is 53.1 Å². The van der Waals surface area contributed by atoms with Gasteiger partial charge in [0.1, 0.15) is 6.10 Å². The van der Waals surface area contributed by atoms with Crippen LogP contribution in [-0.4, -0.2) is 84.2 Å². The predicted octanol–water partition coefficient (Wildman–Crippen LogP) is 4.67. The number of amides is 1. The summed E-state index contributed by atoms with van der Waals surface area (Å²) in [5.74, 6) is -2.49. The van der Waals surface area contributed by atoms with E-state index in [-0.39, 0.29) is 19.0 Å². The molecule has 37 heavy (non-hydrogen) atoms. The highest BCUT2D eigenvalue weighted by Crippen LogP contribution is 2.30. The minimum atomic E-state index is -5.09. The normalized spacial score (nSPS) is 21.5. The van der Waals surface area contributed by atoms with Crippen molar-refractivity contribution in [1.29, 1.82) is 0 Å². The molecule has 3 heterocycles. The zero-order valence-electron chi connectivity index (χ0n) is 19.8. The van der Waals surface area contributed by atoms with Crippen LogP contribution in [0, 0.1) is 0 Å². The van der Waals surface area contributed by atoms with Crippen molar-refractivity contribution in [3.63, 3.8) is 0 Å². The maximum absolute atomic E-state index is 13.3. The Bertz CT molecular complexity index is 1240. The van der Waals surface area contributed by atoms with Gasteiger partial charge < -0.3 is 9.64 Å². The van der Waals surface area contributed by atoms with Gasteiger partial charge in [0.25, 0.3) is 5.91 Å². The molecule has 2 saturated heterocycles. The summed E-state index contributed by atoms with van der Waals surface area (Å²) in [4.78, 5) is 31.3. The number of nitrogens with zero attached hydrogens (tertiary/aromatic N) is 3. The van der Waals surface area contributed by atoms with Gasteiger partial charge in [-0.1, -0.05) is 41.9 Å². The summed E-state index contributed by atoms with van der Waals surface area (Å²) in [5.41, 5.74) is 1.12. The molecular weight excluding hydrogens is 527 g/mol. The number of halogens is 4. The van der Waals surface area contributed by atoms with E-state index in [9.17, 15) is 22.8 Å². The van der Waals surface area contributed by atoms with Crippen LogP contribution in [0.3, 0.4) is 0 Å². The van der Waals surface area contributed by atoms with Gasteiger partial charge in [0, 0.05) is 49.0 Å². The number of piperazine rings is 1. The van der Waals surface area contributed by atoms with Crippen LogP contribution in [0.4, 0.5) is 13.2 Å². The smallest absolute Gasteiger partial charge is 0.452 e. The predicted molar refractivity (Wildman–Crippen MR) is 136 cm³/mol. The number of rotatable bonds is 5. The van der Waals surface area contributed by atoms with Gasteiger partial charge in [-0.2, -0.15) is 13.2 Å². The Hall–Kier alpha value is -2.66. The fourth-order valence-corrected chi connectivity index (χ4v) is 6.09. The van der Waals surface area contributed by atoms with Crippen molar-refractivity contribution in [3.05, 3.63) is 70.1 Å². The maximum atomic E-state index is 13.3. The van der Waals surface area contributed by atoms with Gasteiger partial charge in [-0.3, -0.25) is 14.6 Å². The third kappa shape index (κ3) is 5.93. The van der Waals surface area contributed by atoms with Crippen molar-refractivity contribution in [2.45, 2.75) is 24.9 Å². The summed E-state index contributed by atoms with van der Waals surface area (Å²) < 4.78 is 44.9. The van der Waals surface area contributed by atoms with Gasteiger partial charge >= 0.3 is 12.1 Å². The number of benzene rings is 2. The Morgan fingerprint density at radius 3 is 2.38 bits per heavy atom. The number of ether oxygens (including phenoxy) is 1. The largest absolute Gasteiger partial charge is 0.490 e. The van der Waals surface area contributed by atoms with Gasteiger partial charge in [0.15, 0.2) is 0 Å². The quantitative estimate of drug-likeness (QED) is 0.431. The SMILES string of the molecule is O=C(c1cc2ccccc2s1)N1C[C@H](OC(=O)C(F)(F)F)[C@@H](N2CCN(Cc3ccc(Cl)cc3)CC2)C1. The molecular formula is C26H25ClF3N3O3S. The summed E-state index contributed by atoms with van der Waals surface area (Å²) in [5, 5.41) is 1.60. The summed E-state index contributed by atoms with van der Waals surface area (Å²) in [7, 11) is 0. The molecule has 2 fully saturated rings. The van der Waals surface area contributed by atoms with Crippen LogP contribution in [0.2, 0.25) is 5.02 Å². The second-order valence-electron chi connectivity index (χ2n) is 9.31. The molecule has 2 aliphatic heterocycles. The van der Waals surface area contributed by atoms with Crippen LogP contribution < -0.4 is 0 Å². The van der Waals surface area contributed by atoms with E-state index in [2.05, 4.69) is 4.90 Å². The number of esters is 1. The first kappa shape index (κ1) is 26.0. The Kier molecular flexibility index (Phi) is 7.44. The molecule has 0 unspecified atom stereocenters. The van der Waals surface area contributed by atoms with Gasteiger partial charge in [0.2, 0.25) is 0 Å². The molecule has 6 nitrogen and oxygen atoms in total. The molecule has 11 heteroatoms. The van der Waals surface area contributed by atoms with Crippen molar-refractivity contribution < 1.29 is 27.5 Å². The molecule has 3 aromatic rings. The van der Waals surface area contributed by atoms with E-state index >= 15 is 0 Å². The van der Waals surface area contributed by atoms with Gasteiger partial charge in [-0.15, -0.1) is 11.3 Å². The number of fused-ring (bicyclic) bond motifs is 1. The molecule has 2 aliphatic rings. The number of carbonyl (C=O) groups is 2. The zero-order valence-corrected chi connectivity index (χ0v) is 21.4. The molecule has 0 saturated carbocycles. The first-order chi connectivity index (χ1) is 17.7. The van der Waals surface area contributed by atoms with E-state index in [0.717, 1.165) is 22.2 Å². The van der Waals surface area contributed by atoms with Crippen molar-refractivity contribution >= 4 is 44.9 Å². The summed E-state index contributed by atoms with van der Waals surface area (Å²) in [6.45, 7) is 3.42. The highest BCUT2D eigenvalue weighted by molar-refractivity contribution is 7.20. The second-order valence-corrected chi connectivity index (χ2v) is 10.8. The number of hydrogen-bond donors (Lipinski definition) is 0. The van der Waals surface area contributed by atoms with E-state index in [4.69, 9.17) is 16.3 Å². The number of thiophene rings is 1. The van der Waals surface area contributed by atoms with E-state index in [0.29, 0.717) is 36.1 Å². The van der Waals surface area contributed by atoms with E-state index < -0.39 is 24.3 Å². The Morgan fingerprint density at radius 2 is 1.70 bits per heavy atom. The van der Waals surface area contributed by atoms with E-state index in [1.807, 2.05) is 53.4 Å². The van der Waals surface area contributed by atoms with Gasteiger partial charge in [0.05, 0.1) is 17.5 Å². The molecule has 1 aromatic heterocycles. The third-order valence-electron chi connectivity index (χ3n) is 6.85. The van der Waals surface area contributed by atoms with Crippen LogP contribution >= 0.6 is 22.9 Å². The number of alkyl halides is 3. The molecule has 1 amide bonds. The first-order valence-electron chi connectivity index (χ1n) is 11.9. The lowest BCUT2D eigenvalue weighted by atomic mass is 10.1. The summed E-state index contributed by atoms with van der Waals surface area (Å²) in [6, 6.07) is 16.5. The van der Waals surface area contributed by atoms with Crippen LogP contribution in [0.25, 0.3) is 10.1 Å². The minimum absolute atomic E-state index is 0.0788. The highest BCUT2D eigenvalue weighted by Gasteiger charge is 2.47. The fraction of sp³-hybridized carbons (Fsp3) is 0.385. The minimum Gasteiger partial charge on any atom is -0.452 e. The molecule has 0 spiro atoms. The Labute approximate surface area is 221 Å². The van der Waals surface area contributed by atoms with Crippen molar-refractivity contribution in [2.24, 2.45) is 0 Å². The van der Waals surface area contributed by atoms with Crippen molar-refractivity contribution in [3.8, 4) is 0 Å². The lowest BCUT2D eigenvalue weighted by Crippen LogP contribution is -2.54. The first-order valence-corrected chi connectivity index (χ1v) is 13.1. The standard InChI is InChI=1S/C26H25ClF3N3O3S/c27-19-7-5-17(6-8-19)14-31-9-11-32(12-10-31)20-15-33(16-21(20)36-25(35)26(28,29)30)24(34)23-13-18-3-1-2-4-22(18)37-23/h1-8,13,20-21H,9-12,14-16H2/t20-,21-/m0/s1. The van der Waals surface area contributed by atoms with Crippen LogP contribution in [0.1, 0.15) is 15.2 Å². The van der Waals surface area contributed by atoms with E-state index in [1.165, 1.54) is 16.2 Å². The fourth-order valence-electron chi connectivity index (χ4n) is 4.94. The van der Waals surface area contributed by atoms with Crippen molar-refractivity contribution in [1.82, 2.24) is 14.7 Å². The second kappa shape index (κ2) is 10.6. The molecule has 2 atom stereocenters. The Morgan fingerprint density at radius 1 is 1.00 bits per heavy atom. The van der Waals surface area contributed by atoms with Gasteiger partial charge in [-0.25, -0.2) is 4.79 Å². The summed E-state index contributed by atoms with van der Waals surface area (Å²) in [6.07, 6.45) is -6.15. The average molecular weight is 552 g/mol. The maximum Gasteiger partial charge on any atom is 0.490 e. The lowest BCUT2D eigenvalue weighted by Gasteiger charge is -2.39. The molecule has 0 N–H and O–H groups in total. The van der Waals surface area contributed by atoms with Crippen LogP contribution in [0.5, 0.6) is 0 Å². The summed E-state index contributed by atoms with van der Waals surface area (Å²) >= 11 is 7.31.